The van der Waals surface area contributed by atoms with Gasteiger partial charge in [-0.25, -0.2) is 0 Å². The van der Waals surface area contributed by atoms with Crippen LogP contribution in [-0.2, 0) is 0 Å². The van der Waals surface area contributed by atoms with E-state index in [-0.39, 0.29) is 6.04 Å². The van der Waals surface area contributed by atoms with Gasteiger partial charge in [-0.05, 0) is 30.7 Å². The second kappa shape index (κ2) is 7.46. The first kappa shape index (κ1) is 15.8. The molecular weight excluding hydrogens is 286 g/mol. The molecule has 0 aliphatic carbocycles. The summed E-state index contributed by atoms with van der Waals surface area (Å²) in [6.45, 7) is 2.51. The molecule has 2 aromatic carbocycles. The molecule has 0 saturated carbocycles. The first-order chi connectivity index (χ1) is 10.1. The van der Waals surface area contributed by atoms with Crippen LogP contribution in [0.15, 0.2) is 48.5 Å². The number of aliphatic hydroxyl groups excluding tert-OH is 1. The number of benzene rings is 2. The van der Waals surface area contributed by atoms with Crippen molar-refractivity contribution < 1.29 is 9.84 Å². The highest BCUT2D eigenvalue weighted by atomic mass is 35.5. The van der Waals surface area contributed by atoms with Crippen LogP contribution in [0.5, 0.6) is 5.75 Å². The Balaban J connectivity index is 1.97. The molecule has 0 aromatic heterocycles. The van der Waals surface area contributed by atoms with Gasteiger partial charge in [0.15, 0.2) is 0 Å². The highest BCUT2D eigenvalue weighted by molar-refractivity contribution is 6.30. The average Bonchev–Trinajstić information content (AvgIpc) is 2.52. The summed E-state index contributed by atoms with van der Waals surface area (Å²) in [5, 5.41) is 14.2. The molecular formula is C17H20ClNO2. The molecule has 2 aromatic rings. The van der Waals surface area contributed by atoms with E-state index in [9.17, 15) is 5.11 Å². The van der Waals surface area contributed by atoms with Crippen LogP contribution in [0.4, 0.5) is 0 Å². The topological polar surface area (TPSA) is 41.5 Å². The Morgan fingerprint density at radius 1 is 1.14 bits per heavy atom. The van der Waals surface area contributed by atoms with Gasteiger partial charge >= 0.3 is 0 Å². The lowest BCUT2D eigenvalue weighted by molar-refractivity contribution is 0.170. The third-order valence-electron chi connectivity index (χ3n) is 3.48. The normalized spacial score (nSPS) is 13.7. The van der Waals surface area contributed by atoms with Crippen LogP contribution in [0.2, 0.25) is 5.02 Å². The van der Waals surface area contributed by atoms with Crippen molar-refractivity contribution >= 4 is 11.6 Å². The van der Waals surface area contributed by atoms with E-state index in [4.69, 9.17) is 16.3 Å². The van der Waals surface area contributed by atoms with E-state index < -0.39 is 6.10 Å². The van der Waals surface area contributed by atoms with Crippen LogP contribution >= 0.6 is 11.6 Å². The lowest BCUT2D eigenvalue weighted by Gasteiger charge is -2.19. The predicted octanol–water partition coefficient (Wildman–Crippen LogP) is 3.73. The summed E-state index contributed by atoms with van der Waals surface area (Å²) < 4.78 is 5.35. The maximum atomic E-state index is 10.2. The Labute approximate surface area is 130 Å². The van der Waals surface area contributed by atoms with Crippen LogP contribution in [0.3, 0.4) is 0 Å². The van der Waals surface area contributed by atoms with Gasteiger partial charge in [-0.1, -0.05) is 41.9 Å². The van der Waals surface area contributed by atoms with E-state index in [1.807, 2.05) is 43.3 Å². The number of aliphatic hydroxyl groups is 1. The van der Waals surface area contributed by atoms with Crippen LogP contribution < -0.4 is 10.1 Å². The molecule has 112 valence electrons. The van der Waals surface area contributed by atoms with Gasteiger partial charge in [0.2, 0.25) is 0 Å². The fraction of sp³-hybridized carbons (Fsp3) is 0.294. The molecule has 0 saturated heterocycles. The zero-order chi connectivity index (χ0) is 15.2. The summed E-state index contributed by atoms with van der Waals surface area (Å²) in [7, 11) is 1.66. The number of hydrogen-bond acceptors (Lipinski definition) is 3. The first-order valence-corrected chi connectivity index (χ1v) is 7.29. The van der Waals surface area contributed by atoms with Crippen molar-refractivity contribution in [3.8, 4) is 5.75 Å². The van der Waals surface area contributed by atoms with Crippen LogP contribution in [0.25, 0.3) is 0 Å². The second-order valence-corrected chi connectivity index (χ2v) is 5.38. The van der Waals surface area contributed by atoms with Crippen LogP contribution in [0.1, 0.15) is 30.2 Å². The summed E-state index contributed by atoms with van der Waals surface area (Å²) in [6.07, 6.45) is -0.570. The molecule has 2 rings (SSSR count). The number of rotatable bonds is 6. The lowest BCUT2D eigenvalue weighted by Crippen LogP contribution is -2.25. The highest BCUT2D eigenvalue weighted by Crippen LogP contribution is 2.25. The zero-order valence-electron chi connectivity index (χ0n) is 12.2. The molecule has 4 heteroatoms. The first-order valence-electron chi connectivity index (χ1n) is 6.91. The number of ether oxygens (including phenoxy) is 1. The van der Waals surface area contributed by atoms with Crippen molar-refractivity contribution in [1.82, 2.24) is 5.32 Å². The molecule has 1 unspecified atom stereocenters. The molecule has 0 aliphatic rings. The SMILES string of the molecule is COc1ccccc1[C@H](C)NCC(O)c1ccc(Cl)cc1. The molecule has 21 heavy (non-hydrogen) atoms. The summed E-state index contributed by atoms with van der Waals surface area (Å²) >= 11 is 5.85. The van der Waals surface area contributed by atoms with Gasteiger partial charge in [-0.3, -0.25) is 0 Å². The number of para-hydroxylation sites is 1. The van der Waals surface area contributed by atoms with E-state index in [0.29, 0.717) is 11.6 Å². The van der Waals surface area contributed by atoms with Crippen molar-refractivity contribution in [3.63, 3.8) is 0 Å². The molecule has 2 N–H and O–H groups in total. The third-order valence-corrected chi connectivity index (χ3v) is 3.73. The van der Waals surface area contributed by atoms with Gasteiger partial charge in [0, 0.05) is 23.2 Å². The van der Waals surface area contributed by atoms with Gasteiger partial charge in [0.25, 0.3) is 0 Å². The van der Waals surface area contributed by atoms with Crippen molar-refractivity contribution in [1.29, 1.82) is 0 Å². The minimum atomic E-state index is -0.570. The average molecular weight is 306 g/mol. The summed E-state index contributed by atoms with van der Waals surface area (Å²) in [5.74, 6) is 0.846. The summed E-state index contributed by atoms with van der Waals surface area (Å²) in [5.41, 5.74) is 1.92. The van der Waals surface area contributed by atoms with Gasteiger partial charge < -0.3 is 15.2 Å². The number of halogens is 1. The Morgan fingerprint density at radius 3 is 2.48 bits per heavy atom. The molecule has 0 fully saturated rings. The molecule has 2 atom stereocenters. The molecule has 0 radical (unpaired) electrons. The Hall–Kier alpha value is -1.55. The van der Waals surface area contributed by atoms with E-state index in [0.717, 1.165) is 16.9 Å². The van der Waals surface area contributed by atoms with Crippen LogP contribution in [0, 0.1) is 0 Å². The van der Waals surface area contributed by atoms with Crippen molar-refractivity contribution in [2.45, 2.75) is 19.1 Å². The van der Waals surface area contributed by atoms with E-state index in [2.05, 4.69) is 5.32 Å². The van der Waals surface area contributed by atoms with Gasteiger partial charge in [0.1, 0.15) is 5.75 Å². The lowest BCUT2D eigenvalue weighted by atomic mass is 10.1. The molecule has 0 spiro atoms. The fourth-order valence-electron chi connectivity index (χ4n) is 2.23. The smallest absolute Gasteiger partial charge is 0.123 e. The fourth-order valence-corrected chi connectivity index (χ4v) is 2.35. The minimum Gasteiger partial charge on any atom is -0.496 e. The number of nitrogens with one attached hydrogen (secondary N) is 1. The number of hydrogen-bond donors (Lipinski definition) is 2. The largest absolute Gasteiger partial charge is 0.496 e. The third kappa shape index (κ3) is 4.21. The van der Waals surface area contributed by atoms with Crippen molar-refractivity contribution in [2.75, 3.05) is 13.7 Å². The Morgan fingerprint density at radius 2 is 1.81 bits per heavy atom. The molecule has 0 aliphatic heterocycles. The number of methoxy groups -OCH3 is 1. The van der Waals surface area contributed by atoms with E-state index >= 15 is 0 Å². The van der Waals surface area contributed by atoms with E-state index in [1.54, 1.807) is 19.2 Å². The van der Waals surface area contributed by atoms with Gasteiger partial charge in [-0.2, -0.15) is 0 Å². The van der Waals surface area contributed by atoms with Gasteiger partial charge in [0.05, 0.1) is 13.2 Å². The Kier molecular flexibility index (Phi) is 5.62. The van der Waals surface area contributed by atoms with Crippen molar-refractivity contribution in [2.24, 2.45) is 0 Å². The Bertz CT molecular complexity index is 571. The quantitative estimate of drug-likeness (QED) is 0.854. The highest BCUT2D eigenvalue weighted by Gasteiger charge is 2.13. The molecule has 0 amide bonds. The van der Waals surface area contributed by atoms with Crippen molar-refractivity contribution in [3.05, 3.63) is 64.7 Å². The maximum absolute atomic E-state index is 10.2. The predicted molar refractivity (Wildman–Crippen MR) is 85.8 cm³/mol. The van der Waals surface area contributed by atoms with E-state index in [1.165, 1.54) is 0 Å². The summed E-state index contributed by atoms with van der Waals surface area (Å²) in [4.78, 5) is 0. The molecule has 0 bridgehead atoms. The molecule has 3 nitrogen and oxygen atoms in total. The van der Waals surface area contributed by atoms with Crippen LogP contribution in [-0.4, -0.2) is 18.8 Å². The minimum absolute atomic E-state index is 0.0862. The van der Waals surface area contributed by atoms with Gasteiger partial charge in [-0.15, -0.1) is 0 Å². The second-order valence-electron chi connectivity index (χ2n) is 4.94. The standard InChI is InChI=1S/C17H20ClNO2/c1-12(15-5-3-4-6-17(15)21-2)19-11-16(20)13-7-9-14(18)10-8-13/h3-10,12,16,19-20H,11H2,1-2H3/t12-,16?/m0/s1. The monoisotopic (exact) mass is 305 g/mol. The zero-order valence-corrected chi connectivity index (χ0v) is 13.0. The summed E-state index contributed by atoms with van der Waals surface area (Å²) in [6, 6.07) is 15.2. The maximum Gasteiger partial charge on any atom is 0.123 e. The molecule has 0 heterocycles.